The van der Waals surface area contributed by atoms with Crippen LogP contribution in [-0.4, -0.2) is 50.4 Å². The SMILES string of the molecule is CN(C)c1ccc(-c2cc(C=NNC(=O)c3ccc(O)c(C#N)c3)cc(-c3ccc(N(C)C)cc3)n2)cc1. The topological polar surface area (TPSA) is 105 Å². The Bertz CT molecular complexity index is 1450. The van der Waals surface area contributed by atoms with E-state index in [9.17, 15) is 9.90 Å². The van der Waals surface area contributed by atoms with E-state index in [0.29, 0.717) is 0 Å². The molecule has 8 nitrogen and oxygen atoms in total. The number of phenolic OH excluding ortho intramolecular Hbond substituents is 1. The Morgan fingerprint density at radius 2 is 1.39 bits per heavy atom. The van der Waals surface area contributed by atoms with Crippen molar-refractivity contribution in [3.63, 3.8) is 0 Å². The average molecular weight is 505 g/mol. The highest BCUT2D eigenvalue weighted by Crippen LogP contribution is 2.27. The number of carbonyl (C=O) groups excluding carboxylic acids is 1. The molecule has 1 aromatic heterocycles. The maximum atomic E-state index is 12.5. The van der Waals surface area contributed by atoms with Gasteiger partial charge in [0.1, 0.15) is 11.8 Å². The number of hydrogen-bond donors (Lipinski definition) is 2. The van der Waals surface area contributed by atoms with Crippen LogP contribution in [-0.2, 0) is 0 Å². The predicted octanol–water partition coefficient (Wildman–Crippen LogP) is 4.89. The Labute approximate surface area is 222 Å². The second kappa shape index (κ2) is 11.3. The van der Waals surface area contributed by atoms with Crippen molar-refractivity contribution >= 4 is 23.5 Å². The molecule has 0 unspecified atom stereocenters. The third-order valence-electron chi connectivity index (χ3n) is 5.97. The van der Waals surface area contributed by atoms with E-state index in [4.69, 9.17) is 10.2 Å². The standard InChI is InChI=1S/C30H28N6O2/c1-35(2)25-10-5-21(6-11-25)27-15-20(16-28(33-27)22-7-12-26(13-8-22)36(3)4)19-32-34-30(38)23-9-14-29(37)24(17-23)18-31/h5-17,19,37H,1-4H3,(H,34,38). The highest BCUT2D eigenvalue weighted by molar-refractivity contribution is 5.95. The van der Waals surface area contributed by atoms with Crippen molar-refractivity contribution in [3.05, 3.63) is 95.6 Å². The number of hydrogen-bond acceptors (Lipinski definition) is 7. The van der Waals surface area contributed by atoms with Crippen molar-refractivity contribution in [1.29, 1.82) is 5.26 Å². The smallest absolute Gasteiger partial charge is 0.271 e. The van der Waals surface area contributed by atoms with Gasteiger partial charge in [-0.2, -0.15) is 10.4 Å². The van der Waals surface area contributed by atoms with Gasteiger partial charge in [0.05, 0.1) is 23.2 Å². The number of anilines is 2. The minimum atomic E-state index is -0.495. The zero-order valence-corrected chi connectivity index (χ0v) is 21.7. The molecular weight excluding hydrogens is 476 g/mol. The molecule has 3 aromatic carbocycles. The third-order valence-corrected chi connectivity index (χ3v) is 5.97. The second-order valence-electron chi connectivity index (χ2n) is 9.10. The van der Waals surface area contributed by atoms with E-state index in [1.807, 2.05) is 105 Å². The lowest BCUT2D eigenvalue weighted by Crippen LogP contribution is -2.17. The Kier molecular flexibility index (Phi) is 7.69. The normalized spacial score (nSPS) is 10.7. The molecule has 0 aliphatic carbocycles. The summed E-state index contributed by atoms with van der Waals surface area (Å²) in [7, 11) is 7.97. The number of carbonyl (C=O) groups is 1. The van der Waals surface area contributed by atoms with Gasteiger partial charge in [-0.3, -0.25) is 4.79 Å². The van der Waals surface area contributed by atoms with Gasteiger partial charge in [0.2, 0.25) is 0 Å². The van der Waals surface area contributed by atoms with Crippen molar-refractivity contribution in [2.45, 2.75) is 0 Å². The van der Waals surface area contributed by atoms with Crippen LogP contribution in [0.25, 0.3) is 22.5 Å². The van der Waals surface area contributed by atoms with Gasteiger partial charge in [0, 0.05) is 56.3 Å². The van der Waals surface area contributed by atoms with Gasteiger partial charge in [-0.25, -0.2) is 10.4 Å². The maximum absolute atomic E-state index is 12.5. The van der Waals surface area contributed by atoms with Gasteiger partial charge in [0.15, 0.2) is 0 Å². The Morgan fingerprint density at radius 3 is 1.87 bits per heavy atom. The second-order valence-corrected chi connectivity index (χ2v) is 9.10. The first kappa shape index (κ1) is 25.9. The van der Waals surface area contributed by atoms with Gasteiger partial charge in [-0.15, -0.1) is 0 Å². The number of aromatic hydroxyl groups is 1. The highest BCUT2D eigenvalue weighted by Gasteiger charge is 2.10. The molecule has 0 atom stereocenters. The molecule has 0 spiro atoms. The summed E-state index contributed by atoms with van der Waals surface area (Å²) in [6, 6.07) is 26.0. The molecule has 0 radical (unpaired) electrons. The van der Waals surface area contributed by atoms with Crippen LogP contribution in [0.3, 0.4) is 0 Å². The van der Waals surface area contributed by atoms with Crippen molar-refractivity contribution in [2.75, 3.05) is 38.0 Å². The Morgan fingerprint density at radius 1 is 0.868 bits per heavy atom. The molecule has 38 heavy (non-hydrogen) atoms. The number of rotatable bonds is 7. The average Bonchev–Trinajstić information content (AvgIpc) is 2.93. The van der Waals surface area contributed by atoms with Crippen LogP contribution < -0.4 is 15.2 Å². The van der Waals surface area contributed by atoms with Crippen LogP contribution in [0.5, 0.6) is 5.75 Å². The quantitative estimate of drug-likeness (QED) is 0.274. The fraction of sp³-hybridized carbons (Fsp3) is 0.133. The van der Waals surface area contributed by atoms with Gasteiger partial charge in [-0.1, -0.05) is 24.3 Å². The minimum Gasteiger partial charge on any atom is -0.507 e. The van der Waals surface area contributed by atoms with E-state index < -0.39 is 5.91 Å². The Hall–Kier alpha value is -5.16. The summed E-state index contributed by atoms with van der Waals surface area (Å²) >= 11 is 0. The van der Waals surface area contributed by atoms with E-state index in [1.165, 1.54) is 18.2 Å². The molecule has 4 rings (SSSR count). The highest BCUT2D eigenvalue weighted by atomic mass is 16.3. The van der Waals surface area contributed by atoms with Crippen LogP contribution in [0.4, 0.5) is 11.4 Å². The fourth-order valence-corrected chi connectivity index (χ4v) is 3.78. The van der Waals surface area contributed by atoms with Crippen molar-refractivity contribution in [2.24, 2.45) is 5.10 Å². The van der Waals surface area contributed by atoms with E-state index in [0.717, 1.165) is 39.5 Å². The van der Waals surface area contributed by atoms with Crippen molar-refractivity contribution in [3.8, 4) is 34.3 Å². The number of phenols is 1. The molecule has 8 heteroatoms. The fourth-order valence-electron chi connectivity index (χ4n) is 3.78. The van der Waals surface area contributed by atoms with Crippen molar-refractivity contribution < 1.29 is 9.90 Å². The summed E-state index contributed by atoms with van der Waals surface area (Å²) in [5.41, 5.74) is 9.10. The molecule has 2 N–H and O–H groups in total. The summed E-state index contributed by atoms with van der Waals surface area (Å²) in [6.45, 7) is 0. The lowest BCUT2D eigenvalue weighted by molar-refractivity contribution is 0.0955. The molecule has 0 aliphatic heterocycles. The number of hydrazone groups is 1. The zero-order chi connectivity index (χ0) is 27.2. The zero-order valence-electron chi connectivity index (χ0n) is 21.7. The van der Waals surface area contributed by atoms with E-state index in [-0.39, 0.29) is 16.9 Å². The van der Waals surface area contributed by atoms with Crippen LogP contribution in [0.15, 0.2) is 84.0 Å². The number of aromatic nitrogens is 1. The molecule has 1 heterocycles. The molecule has 0 bridgehead atoms. The molecule has 0 saturated heterocycles. The van der Waals surface area contributed by atoms with Gasteiger partial charge >= 0.3 is 0 Å². The van der Waals surface area contributed by atoms with Crippen LogP contribution in [0.1, 0.15) is 21.5 Å². The monoisotopic (exact) mass is 504 g/mol. The largest absolute Gasteiger partial charge is 0.507 e. The van der Waals surface area contributed by atoms with Crippen LogP contribution in [0.2, 0.25) is 0 Å². The number of benzene rings is 3. The number of nitrogens with zero attached hydrogens (tertiary/aromatic N) is 5. The third kappa shape index (κ3) is 5.97. The molecule has 1 amide bonds. The van der Waals surface area contributed by atoms with Gasteiger partial charge < -0.3 is 14.9 Å². The van der Waals surface area contributed by atoms with E-state index in [1.54, 1.807) is 6.21 Å². The summed E-state index contributed by atoms with van der Waals surface area (Å²) < 4.78 is 0. The molecule has 0 saturated carbocycles. The number of nitrogens with one attached hydrogen (secondary N) is 1. The molecular formula is C30H28N6O2. The summed E-state index contributed by atoms with van der Waals surface area (Å²) in [6.07, 6.45) is 1.56. The maximum Gasteiger partial charge on any atom is 0.271 e. The molecule has 190 valence electrons. The summed E-state index contributed by atoms with van der Waals surface area (Å²) in [5, 5.41) is 22.9. The lowest BCUT2D eigenvalue weighted by Gasteiger charge is -2.14. The molecule has 0 aliphatic rings. The van der Waals surface area contributed by atoms with Gasteiger partial charge in [0.25, 0.3) is 5.91 Å². The molecule has 4 aromatic rings. The first-order chi connectivity index (χ1) is 18.2. The number of nitriles is 1. The minimum absolute atomic E-state index is 0.0191. The number of amides is 1. The van der Waals surface area contributed by atoms with Crippen LogP contribution in [0, 0.1) is 11.3 Å². The van der Waals surface area contributed by atoms with Crippen LogP contribution >= 0.6 is 0 Å². The molecule has 0 fully saturated rings. The van der Waals surface area contributed by atoms with Gasteiger partial charge in [-0.05, 0) is 60.2 Å². The first-order valence-corrected chi connectivity index (χ1v) is 11.9. The van der Waals surface area contributed by atoms with Crippen molar-refractivity contribution in [1.82, 2.24) is 10.4 Å². The lowest BCUT2D eigenvalue weighted by atomic mass is 10.0. The Balaban J connectivity index is 1.66. The summed E-state index contributed by atoms with van der Waals surface area (Å²) in [5.74, 6) is -0.674. The summed E-state index contributed by atoms with van der Waals surface area (Å²) in [4.78, 5) is 21.5. The predicted molar refractivity (Wildman–Crippen MR) is 152 cm³/mol. The van der Waals surface area contributed by atoms with E-state index in [2.05, 4.69) is 10.5 Å². The number of pyridine rings is 1. The first-order valence-electron chi connectivity index (χ1n) is 11.9. The van der Waals surface area contributed by atoms with E-state index >= 15 is 0 Å².